The topological polar surface area (TPSA) is 55.1 Å². The molecule has 0 bridgehead atoms. The van der Waals surface area contributed by atoms with Crippen LogP contribution < -0.4 is 11.1 Å². The summed E-state index contributed by atoms with van der Waals surface area (Å²) in [6.45, 7) is 5.20. The second-order valence-corrected chi connectivity index (χ2v) is 5.92. The largest absolute Gasteiger partial charge is 0.389 e. The molecule has 0 unspecified atom stereocenters. The molecular formula is C16H24N2OS. The van der Waals surface area contributed by atoms with Gasteiger partial charge in [-0.05, 0) is 17.9 Å². The minimum atomic E-state index is 0.0672. The molecule has 1 aromatic carbocycles. The summed E-state index contributed by atoms with van der Waals surface area (Å²) in [5.41, 5.74) is 7.34. The Morgan fingerprint density at radius 2 is 1.90 bits per heavy atom. The van der Waals surface area contributed by atoms with Gasteiger partial charge in [0, 0.05) is 12.1 Å². The van der Waals surface area contributed by atoms with E-state index in [1.807, 2.05) is 24.3 Å². The van der Waals surface area contributed by atoms with Crippen molar-refractivity contribution in [1.29, 1.82) is 0 Å². The van der Waals surface area contributed by atoms with Crippen LogP contribution in [0.1, 0.15) is 44.2 Å². The fourth-order valence-electron chi connectivity index (χ4n) is 1.94. The lowest BCUT2D eigenvalue weighted by atomic mass is 10.1. The van der Waals surface area contributed by atoms with Crippen LogP contribution in [0.2, 0.25) is 0 Å². The van der Waals surface area contributed by atoms with Crippen molar-refractivity contribution in [2.75, 3.05) is 6.54 Å². The SMILES string of the molecule is CC(C)CCCCNC(=O)Cc1ccc(C(N)=S)cc1. The minimum absolute atomic E-state index is 0.0672. The quantitative estimate of drug-likeness (QED) is 0.572. The number of nitrogens with one attached hydrogen (secondary N) is 1. The Labute approximate surface area is 126 Å². The van der Waals surface area contributed by atoms with E-state index in [-0.39, 0.29) is 5.91 Å². The predicted molar refractivity (Wildman–Crippen MR) is 87.7 cm³/mol. The number of nitrogens with two attached hydrogens (primary N) is 1. The predicted octanol–water partition coefficient (Wildman–Crippen LogP) is 2.81. The Hall–Kier alpha value is -1.42. The van der Waals surface area contributed by atoms with Crippen LogP contribution in [-0.4, -0.2) is 17.4 Å². The monoisotopic (exact) mass is 292 g/mol. The van der Waals surface area contributed by atoms with Crippen LogP contribution in [0.15, 0.2) is 24.3 Å². The Morgan fingerprint density at radius 1 is 1.25 bits per heavy atom. The van der Waals surface area contributed by atoms with Crippen molar-refractivity contribution >= 4 is 23.1 Å². The highest BCUT2D eigenvalue weighted by molar-refractivity contribution is 7.80. The molecule has 0 fully saturated rings. The third-order valence-electron chi connectivity index (χ3n) is 3.13. The molecule has 3 N–H and O–H groups in total. The zero-order chi connectivity index (χ0) is 15.0. The molecule has 0 spiro atoms. The average Bonchev–Trinajstić information content (AvgIpc) is 2.38. The number of thiocarbonyl (C=S) groups is 1. The van der Waals surface area contributed by atoms with Crippen molar-refractivity contribution in [3.63, 3.8) is 0 Å². The summed E-state index contributed by atoms with van der Waals surface area (Å²) < 4.78 is 0. The van der Waals surface area contributed by atoms with Crippen LogP contribution in [0.4, 0.5) is 0 Å². The van der Waals surface area contributed by atoms with E-state index in [4.69, 9.17) is 18.0 Å². The van der Waals surface area contributed by atoms with Crippen molar-refractivity contribution < 1.29 is 4.79 Å². The highest BCUT2D eigenvalue weighted by Gasteiger charge is 2.04. The maximum atomic E-state index is 11.8. The van der Waals surface area contributed by atoms with Gasteiger partial charge in [0.1, 0.15) is 4.99 Å². The summed E-state index contributed by atoms with van der Waals surface area (Å²) >= 11 is 4.89. The number of carbonyl (C=O) groups is 1. The molecule has 0 aliphatic rings. The van der Waals surface area contributed by atoms with Crippen LogP contribution in [0.25, 0.3) is 0 Å². The molecule has 0 atom stereocenters. The molecule has 1 aromatic rings. The standard InChI is InChI=1S/C16H24N2OS/c1-12(2)5-3-4-10-18-15(19)11-13-6-8-14(9-7-13)16(17)20/h6-9,12H,3-5,10-11H2,1-2H3,(H2,17,20)(H,18,19). The molecule has 0 saturated carbocycles. The Morgan fingerprint density at radius 3 is 2.45 bits per heavy atom. The number of hydrogen-bond donors (Lipinski definition) is 2. The maximum absolute atomic E-state index is 11.8. The van der Waals surface area contributed by atoms with Gasteiger partial charge in [0.2, 0.25) is 5.91 Å². The van der Waals surface area contributed by atoms with Gasteiger partial charge < -0.3 is 11.1 Å². The second kappa shape index (κ2) is 8.69. The minimum Gasteiger partial charge on any atom is -0.389 e. The number of unbranched alkanes of at least 4 members (excludes halogenated alkanes) is 1. The summed E-state index contributed by atoms with van der Waals surface area (Å²) in [6.07, 6.45) is 3.84. The van der Waals surface area contributed by atoms with Crippen LogP contribution in [0.3, 0.4) is 0 Å². The first kappa shape index (κ1) is 16.6. The first-order valence-corrected chi connectivity index (χ1v) is 7.55. The van der Waals surface area contributed by atoms with Crippen LogP contribution in [0, 0.1) is 5.92 Å². The molecule has 0 saturated heterocycles. The normalized spacial score (nSPS) is 10.6. The van der Waals surface area contributed by atoms with Gasteiger partial charge in [-0.1, -0.05) is 63.2 Å². The van der Waals surface area contributed by atoms with Crippen LogP contribution in [-0.2, 0) is 11.2 Å². The smallest absolute Gasteiger partial charge is 0.224 e. The first-order valence-electron chi connectivity index (χ1n) is 7.14. The Bertz CT molecular complexity index is 440. The van der Waals surface area contributed by atoms with E-state index in [1.54, 1.807) is 0 Å². The average molecular weight is 292 g/mol. The molecule has 110 valence electrons. The van der Waals surface area contributed by atoms with Gasteiger partial charge in [0.05, 0.1) is 6.42 Å². The molecule has 4 heteroatoms. The molecule has 1 amide bonds. The van der Waals surface area contributed by atoms with Gasteiger partial charge in [0.25, 0.3) is 0 Å². The lowest BCUT2D eigenvalue weighted by molar-refractivity contribution is -0.120. The van der Waals surface area contributed by atoms with E-state index in [2.05, 4.69) is 19.2 Å². The third kappa shape index (κ3) is 6.66. The lowest BCUT2D eigenvalue weighted by Gasteiger charge is -2.07. The number of rotatable bonds is 8. The molecule has 0 aliphatic heterocycles. The summed E-state index contributed by atoms with van der Waals surface area (Å²) in [4.78, 5) is 12.1. The van der Waals surface area contributed by atoms with Crippen LogP contribution >= 0.6 is 12.2 Å². The molecule has 0 radical (unpaired) electrons. The van der Waals surface area contributed by atoms with E-state index < -0.39 is 0 Å². The Kier molecular flexibility index (Phi) is 7.23. The van der Waals surface area contributed by atoms with Crippen molar-refractivity contribution in [1.82, 2.24) is 5.32 Å². The van der Waals surface area contributed by atoms with E-state index >= 15 is 0 Å². The van der Waals surface area contributed by atoms with Crippen LogP contribution in [0.5, 0.6) is 0 Å². The zero-order valence-corrected chi connectivity index (χ0v) is 13.1. The number of carbonyl (C=O) groups excluding carboxylic acids is 1. The van der Waals surface area contributed by atoms with Crippen molar-refractivity contribution in [2.45, 2.75) is 39.5 Å². The fraction of sp³-hybridized carbons (Fsp3) is 0.500. The van der Waals surface area contributed by atoms with Gasteiger partial charge in [0.15, 0.2) is 0 Å². The van der Waals surface area contributed by atoms with Crippen molar-refractivity contribution in [3.05, 3.63) is 35.4 Å². The van der Waals surface area contributed by atoms with Gasteiger partial charge in [-0.25, -0.2) is 0 Å². The summed E-state index contributed by atoms with van der Waals surface area (Å²) in [6, 6.07) is 7.50. The van der Waals surface area contributed by atoms with Gasteiger partial charge in [-0.2, -0.15) is 0 Å². The van der Waals surface area contributed by atoms with Gasteiger partial charge in [-0.3, -0.25) is 4.79 Å². The molecule has 0 heterocycles. The number of benzene rings is 1. The molecule has 20 heavy (non-hydrogen) atoms. The molecular weight excluding hydrogens is 268 g/mol. The summed E-state index contributed by atoms with van der Waals surface area (Å²) in [7, 11) is 0. The summed E-state index contributed by atoms with van der Waals surface area (Å²) in [5.74, 6) is 0.801. The highest BCUT2D eigenvalue weighted by Crippen LogP contribution is 2.06. The fourth-order valence-corrected chi connectivity index (χ4v) is 2.08. The second-order valence-electron chi connectivity index (χ2n) is 5.48. The van der Waals surface area contributed by atoms with E-state index in [9.17, 15) is 4.79 Å². The Balaban J connectivity index is 2.26. The molecule has 3 nitrogen and oxygen atoms in total. The summed E-state index contributed by atoms with van der Waals surface area (Å²) in [5, 5.41) is 2.95. The van der Waals surface area contributed by atoms with E-state index in [1.165, 1.54) is 12.8 Å². The molecule has 1 rings (SSSR count). The third-order valence-corrected chi connectivity index (χ3v) is 3.37. The van der Waals surface area contributed by atoms with Gasteiger partial charge >= 0.3 is 0 Å². The molecule has 0 aromatic heterocycles. The zero-order valence-electron chi connectivity index (χ0n) is 12.3. The number of amides is 1. The highest BCUT2D eigenvalue weighted by atomic mass is 32.1. The first-order chi connectivity index (χ1) is 9.49. The van der Waals surface area contributed by atoms with E-state index in [0.717, 1.165) is 30.0 Å². The van der Waals surface area contributed by atoms with Crippen molar-refractivity contribution in [2.24, 2.45) is 11.7 Å². The van der Waals surface area contributed by atoms with Crippen molar-refractivity contribution in [3.8, 4) is 0 Å². The molecule has 0 aliphatic carbocycles. The van der Waals surface area contributed by atoms with E-state index in [0.29, 0.717) is 11.4 Å². The maximum Gasteiger partial charge on any atom is 0.224 e. The van der Waals surface area contributed by atoms with Gasteiger partial charge in [-0.15, -0.1) is 0 Å². The number of hydrogen-bond acceptors (Lipinski definition) is 2. The lowest BCUT2D eigenvalue weighted by Crippen LogP contribution is -2.26.